The minimum absolute atomic E-state index is 0.954. The number of hydrogen-bond donors (Lipinski definition) is 1. The average Bonchev–Trinajstić information content (AvgIpc) is 2.33. The monoisotopic (exact) mass is 220 g/mol. The molecule has 1 aromatic carbocycles. The molecule has 0 aliphatic carbocycles. The minimum atomic E-state index is 0.954. The van der Waals surface area contributed by atoms with E-state index in [0.29, 0.717) is 0 Å². The van der Waals surface area contributed by atoms with Crippen molar-refractivity contribution >= 4 is 0 Å². The SMILES string of the molecule is COc1ccc(C)c(CN2CCNCC2)c1. The summed E-state index contributed by atoms with van der Waals surface area (Å²) < 4.78 is 5.27. The molecular weight excluding hydrogens is 200 g/mol. The summed E-state index contributed by atoms with van der Waals surface area (Å²) in [6.45, 7) is 7.67. The van der Waals surface area contributed by atoms with Gasteiger partial charge in [-0.15, -0.1) is 0 Å². The van der Waals surface area contributed by atoms with Crippen LogP contribution in [-0.2, 0) is 6.54 Å². The van der Waals surface area contributed by atoms with Crippen molar-refractivity contribution in [3.05, 3.63) is 29.3 Å². The van der Waals surface area contributed by atoms with Crippen LogP contribution in [0.15, 0.2) is 18.2 Å². The molecule has 0 bridgehead atoms. The molecule has 0 atom stereocenters. The largest absolute Gasteiger partial charge is 0.497 e. The number of benzene rings is 1. The van der Waals surface area contributed by atoms with Gasteiger partial charge in [0.05, 0.1) is 7.11 Å². The molecule has 0 spiro atoms. The van der Waals surface area contributed by atoms with Crippen molar-refractivity contribution < 1.29 is 4.74 Å². The third-order valence-corrected chi connectivity index (χ3v) is 3.16. The van der Waals surface area contributed by atoms with E-state index in [1.807, 2.05) is 6.07 Å². The summed E-state index contributed by atoms with van der Waals surface area (Å²) in [4.78, 5) is 2.48. The summed E-state index contributed by atoms with van der Waals surface area (Å²) in [6, 6.07) is 6.31. The van der Waals surface area contributed by atoms with Crippen LogP contribution in [0.3, 0.4) is 0 Å². The number of piperazine rings is 1. The predicted octanol–water partition coefficient (Wildman–Crippen LogP) is 1.41. The number of ether oxygens (including phenoxy) is 1. The van der Waals surface area contributed by atoms with E-state index >= 15 is 0 Å². The van der Waals surface area contributed by atoms with Gasteiger partial charge >= 0.3 is 0 Å². The topological polar surface area (TPSA) is 24.5 Å². The van der Waals surface area contributed by atoms with Gasteiger partial charge in [0.2, 0.25) is 0 Å². The van der Waals surface area contributed by atoms with Crippen molar-refractivity contribution in [2.75, 3.05) is 33.3 Å². The standard InChI is InChI=1S/C13H20N2O/c1-11-3-4-13(16-2)9-12(11)10-15-7-5-14-6-8-15/h3-4,9,14H,5-8,10H2,1-2H3. The van der Waals surface area contributed by atoms with Crippen LogP contribution < -0.4 is 10.1 Å². The number of rotatable bonds is 3. The van der Waals surface area contributed by atoms with Gasteiger partial charge in [-0.1, -0.05) is 6.07 Å². The molecule has 1 aliphatic rings. The molecule has 1 saturated heterocycles. The zero-order valence-corrected chi connectivity index (χ0v) is 10.1. The molecular formula is C13H20N2O. The summed E-state index contributed by atoms with van der Waals surface area (Å²) in [5.41, 5.74) is 2.72. The second-order valence-electron chi connectivity index (χ2n) is 4.32. The molecule has 16 heavy (non-hydrogen) atoms. The second-order valence-corrected chi connectivity index (χ2v) is 4.32. The summed E-state index contributed by atoms with van der Waals surface area (Å²) in [5, 5.41) is 3.37. The molecule has 1 aromatic rings. The number of hydrogen-bond acceptors (Lipinski definition) is 3. The first kappa shape index (κ1) is 11.4. The Morgan fingerprint density at radius 1 is 1.31 bits per heavy atom. The Kier molecular flexibility index (Phi) is 3.80. The van der Waals surface area contributed by atoms with Crippen molar-refractivity contribution in [3.8, 4) is 5.75 Å². The molecule has 3 nitrogen and oxygen atoms in total. The fourth-order valence-electron chi connectivity index (χ4n) is 2.06. The summed E-state index contributed by atoms with van der Waals surface area (Å²) in [6.07, 6.45) is 0. The maximum atomic E-state index is 5.27. The highest BCUT2D eigenvalue weighted by atomic mass is 16.5. The van der Waals surface area contributed by atoms with Gasteiger partial charge in [-0.2, -0.15) is 0 Å². The fourth-order valence-corrected chi connectivity index (χ4v) is 2.06. The lowest BCUT2D eigenvalue weighted by Gasteiger charge is -2.27. The van der Waals surface area contributed by atoms with Crippen LogP contribution in [0.5, 0.6) is 5.75 Å². The lowest BCUT2D eigenvalue weighted by Crippen LogP contribution is -2.42. The molecule has 1 heterocycles. The highest BCUT2D eigenvalue weighted by Crippen LogP contribution is 2.18. The van der Waals surface area contributed by atoms with Crippen molar-refractivity contribution in [1.29, 1.82) is 0 Å². The van der Waals surface area contributed by atoms with E-state index in [1.165, 1.54) is 11.1 Å². The Morgan fingerprint density at radius 3 is 2.75 bits per heavy atom. The maximum absolute atomic E-state index is 5.27. The van der Waals surface area contributed by atoms with E-state index in [0.717, 1.165) is 38.5 Å². The van der Waals surface area contributed by atoms with Crippen LogP contribution in [0.2, 0.25) is 0 Å². The Bertz CT molecular complexity index is 346. The molecule has 0 amide bonds. The normalized spacial score (nSPS) is 17.4. The molecule has 0 unspecified atom stereocenters. The Morgan fingerprint density at radius 2 is 2.06 bits per heavy atom. The zero-order chi connectivity index (χ0) is 11.4. The van der Waals surface area contributed by atoms with Gasteiger partial charge in [-0.05, 0) is 30.2 Å². The highest BCUT2D eigenvalue weighted by Gasteiger charge is 2.11. The average molecular weight is 220 g/mol. The first-order valence-corrected chi connectivity index (χ1v) is 5.86. The van der Waals surface area contributed by atoms with E-state index in [1.54, 1.807) is 7.11 Å². The molecule has 0 radical (unpaired) electrons. The van der Waals surface area contributed by atoms with Gasteiger partial charge in [0.1, 0.15) is 5.75 Å². The van der Waals surface area contributed by atoms with Crippen LogP contribution in [0.4, 0.5) is 0 Å². The predicted molar refractivity (Wildman–Crippen MR) is 65.9 cm³/mol. The molecule has 3 heteroatoms. The lowest BCUT2D eigenvalue weighted by molar-refractivity contribution is 0.232. The molecule has 88 valence electrons. The van der Waals surface area contributed by atoms with E-state index < -0.39 is 0 Å². The Hall–Kier alpha value is -1.06. The Labute approximate surface area is 97.4 Å². The minimum Gasteiger partial charge on any atom is -0.497 e. The summed E-state index contributed by atoms with van der Waals surface area (Å²) in [7, 11) is 1.72. The van der Waals surface area contributed by atoms with Gasteiger partial charge in [-0.25, -0.2) is 0 Å². The Balaban J connectivity index is 2.06. The first-order valence-electron chi connectivity index (χ1n) is 5.86. The van der Waals surface area contributed by atoms with Crippen molar-refractivity contribution in [2.24, 2.45) is 0 Å². The molecule has 2 rings (SSSR count). The van der Waals surface area contributed by atoms with Gasteiger partial charge in [0.25, 0.3) is 0 Å². The summed E-state index contributed by atoms with van der Waals surface area (Å²) in [5.74, 6) is 0.954. The van der Waals surface area contributed by atoms with Crippen LogP contribution in [0, 0.1) is 6.92 Å². The third kappa shape index (κ3) is 2.74. The number of nitrogens with zero attached hydrogens (tertiary/aromatic N) is 1. The lowest BCUT2D eigenvalue weighted by atomic mass is 10.1. The third-order valence-electron chi connectivity index (χ3n) is 3.16. The van der Waals surface area contributed by atoms with E-state index in [-0.39, 0.29) is 0 Å². The van der Waals surface area contributed by atoms with Crippen molar-refractivity contribution in [1.82, 2.24) is 10.2 Å². The molecule has 0 aromatic heterocycles. The quantitative estimate of drug-likeness (QED) is 0.833. The second kappa shape index (κ2) is 5.32. The van der Waals surface area contributed by atoms with Gasteiger partial charge in [-0.3, -0.25) is 4.90 Å². The van der Waals surface area contributed by atoms with Crippen LogP contribution in [0.1, 0.15) is 11.1 Å². The fraction of sp³-hybridized carbons (Fsp3) is 0.538. The zero-order valence-electron chi connectivity index (χ0n) is 10.1. The maximum Gasteiger partial charge on any atom is 0.119 e. The van der Waals surface area contributed by atoms with Crippen molar-refractivity contribution in [3.63, 3.8) is 0 Å². The molecule has 0 saturated carbocycles. The molecule has 1 fully saturated rings. The van der Waals surface area contributed by atoms with Gasteiger partial charge in [0, 0.05) is 32.7 Å². The number of nitrogens with one attached hydrogen (secondary N) is 1. The van der Waals surface area contributed by atoms with E-state index in [9.17, 15) is 0 Å². The summed E-state index contributed by atoms with van der Waals surface area (Å²) >= 11 is 0. The van der Waals surface area contributed by atoms with Crippen LogP contribution in [0.25, 0.3) is 0 Å². The van der Waals surface area contributed by atoms with Crippen LogP contribution in [-0.4, -0.2) is 38.2 Å². The van der Waals surface area contributed by atoms with E-state index in [2.05, 4.69) is 29.3 Å². The number of methoxy groups -OCH3 is 1. The van der Waals surface area contributed by atoms with E-state index in [4.69, 9.17) is 4.74 Å². The first-order chi connectivity index (χ1) is 7.79. The molecule has 1 aliphatic heterocycles. The van der Waals surface area contributed by atoms with Crippen LogP contribution >= 0.6 is 0 Å². The molecule has 1 N–H and O–H groups in total. The van der Waals surface area contributed by atoms with Crippen molar-refractivity contribution in [2.45, 2.75) is 13.5 Å². The van der Waals surface area contributed by atoms with Gasteiger partial charge < -0.3 is 10.1 Å². The smallest absolute Gasteiger partial charge is 0.119 e. The number of aryl methyl sites for hydroxylation is 1. The van der Waals surface area contributed by atoms with Gasteiger partial charge in [0.15, 0.2) is 0 Å². The highest BCUT2D eigenvalue weighted by molar-refractivity contribution is 5.34.